The fraction of sp³-hybridized carbons (Fsp3) is 1.00. The second-order valence-electron chi connectivity index (χ2n) is 3.61. The standard InChI is InChI=1S/C7H13NO3S/c1-8-7(5-2-3-5)6(4-9)12(8,10)11/h5-7,9H,2-4H2,1H3. The highest BCUT2D eigenvalue weighted by atomic mass is 32.2. The van der Waals surface area contributed by atoms with Crippen molar-refractivity contribution in [2.45, 2.75) is 24.1 Å². The van der Waals surface area contributed by atoms with Crippen molar-refractivity contribution < 1.29 is 13.5 Å². The van der Waals surface area contributed by atoms with E-state index in [0.29, 0.717) is 5.92 Å². The van der Waals surface area contributed by atoms with Crippen LogP contribution in [0.4, 0.5) is 0 Å². The molecule has 1 saturated carbocycles. The fourth-order valence-electron chi connectivity index (χ4n) is 1.97. The van der Waals surface area contributed by atoms with Gasteiger partial charge in [0.25, 0.3) is 0 Å². The van der Waals surface area contributed by atoms with Crippen LogP contribution in [0.1, 0.15) is 12.8 Å². The van der Waals surface area contributed by atoms with Crippen LogP contribution in [-0.4, -0.2) is 42.8 Å². The first-order valence-electron chi connectivity index (χ1n) is 4.16. The molecule has 5 heteroatoms. The van der Waals surface area contributed by atoms with Crippen LogP contribution >= 0.6 is 0 Å². The van der Waals surface area contributed by atoms with E-state index < -0.39 is 15.3 Å². The first-order valence-corrected chi connectivity index (χ1v) is 5.67. The summed E-state index contributed by atoms with van der Waals surface area (Å²) < 4.78 is 24.0. The largest absolute Gasteiger partial charge is 0.395 e. The third-order valence-corrected chi connectivity index (χ3v) is 5.11. The van der Waals surface area contributed by atoms with Gasteiger partial charge in [-0.1, -0.05) is 0 Å². The lowest BCUT2D eigenvalue weighted by atomic mass is 10.1. The van der Waals surface area contributed by atoms with Crippen molar-refractivity contribution in [1.82, 2.24) is 4.31 Å². The lowest BCUT2D eigenvalue weighted by Gasteiger charge is -2.44. The molecule has 0 aromatic heterocycles. The van der Waals surface area contributed by atoms with Gasteiger partial charge in [-0.25, -0.2) is 8.42 Å². The molecular weight excluding hydrogens is 178 g/mol. The van der Waals surface area contributed by atoms with Crippen LogP contribution < -0.4 is 0 Å². The lowest BCUT2D eigenvalue weighted by Crippen LogP contribution is -2.64. The van der Waals surface area contributed by atoms with Gasteiger partial charge in [-0.05, 0) is 18.8 Å². The van der Waals surface area contributed by atoms with Crippen LogP contribution in [0, 0.1) is 5.92 Å². The maximum absolute atomic E-state index is 11.3. The van der Waals surface area contributed by atoms with Crippen LogP contribution in [0.3, 0.4) is 0 Å². The Labute approximate surface area is 72.2 Å². The Bertz CT molecular complexity index is 283. The molecule has 4 nitrogen and oxygen atoms in total. The summed E-state index contributed by atoms with van der Waals surface area (Å²) in [6.07, 6.45) is 2.22. The van der Waals surface area contributed by atoms with Gasteiger partial charge in [-0.15, -0.1) is 0 Å². The fourth-order valence-corrected chi connectivity index (χ4v) is 3.81. The molecule has 0 aromatic carbocycles. The SMILES string of the molecule is CN1C(C2CC2)C(CO)S1(=O)=O. The Kier molecular flexibility index (Phi) is 1.72. The predicted molar refractivity (Wildman–Crippen MR) is 44.1 cm³/mol. The second kappa shape index (κ2) is 2.43. The van der Waals surface area contributed by atoms with Crippen LogP contribution in [-0.2, 0) is 10.0 Å². The van der Waals surface area contributed by atoms with Gasteiger partial charge >= 0.3 is 0 Å². The van der Waals surface area contributed by atoms with E-state index in [2.05, 4.69) is 0 Å². The molecule has 0 radical (unpaired) electrons. The quantitative estimate of drug-likeness (QED) is 0.634. The van der Waals surface area contributed by atoms with E-state index in [9.17, 15) is 8.42 Å². The monoisotopic (exact) mass is 191 g/mol. The molecule has 0 spiro atoms. The van der Waals surface area contributed by atoms with Crippen molar-refractivity contribution >= 4 is 10.0 Å². The van der Waals surface area contributed by atoms with E-state index in [4.69, 9.17) is 5.11 Å². The predicted octanol–water partition coefficient (Wildman–Crippen LogP) is -0.599. The van der Waals surface area contributed by atoms with Crippen molar-refractivity contribution in [3.05, 3.63) is 0 Å². The lowest BCUT2D eigenvalue weighted by molar-refractivity contribution is 0.185. The molecule has 12 heavy (non-hydrogen) atoms. The molecule has 0 aromatic rings. The second-order valence-corrected chi connectivity index (χ2v) is 5.82. The zero-order valence-corrected chi connectivity index (χ0v) is 7.79. The number of hydrogen-bond acceptors (Lipinski definition) is 3. The molecule has 1 aliphatic carbocycles. The topological polar surface area (TPSA) is 57.6 Å². The summed E-state index contributed by atoms with van der Waals surface area (Å²) in [4.78, 5) is 0. The molecule has 2 unspecified atom stereocenters. The van der Waals surface area contributed by atoms with Crippen LogP contribution in [0.15, 0.2) is 0 Å². The number of rotatable bonds is 2. The van der Waals surface area contributed by atoms with Gasteiger partial charge in [0, 0.05) is 13.1 Å². The summed E-state index contributed by atoms with van der Waals surface area (Å²) in [7, 11) is -1.52. The molecule has 2 atom stereocenters. The zero-order valence-electron chi connectivity index (χ0n) is 6.97. The maximum atomic E-state index is 11.3. The molecule has 1 aliphatic heterocycles. The normalized spacial score (nSPS) is 40.8. The van der Waals surface area contributed by atoms with E-state index in [1.54, 1.807) is 7.05 Å². The minimum Gasteiger partial charge on any atom is -0.395 e. The highest BCUT2D eigenvalue weighted by molar-refractivity contribution is 7.91. The minimum absolute atomic E-state index is 0.0833. The van der Waals surface area contributed by atoms with Crippen molar-refractivity contribution in [3.8, 4) is 0 Å². The summed E-state index contributed by atoms with van der Waals surface area (Å²) >= 11 is 0. The van der Waals surface area contributed by atoms with E-state index in [1.807, 2.05) is 0 Å². The number of aliphatic hydroxyl groups is 1. The molecule has 2 fully saturated rings. The van der Waals surface area contributed by atoms with Crippen molar-refractivity contribution in [2.24, 2.45) is 5.92 Å². The molecule has 1 saturated heterocycles. The van der Waals surface area contributed by atoms with Gasteiger partial charge in [-0.2, -0.15) is 4.31 Å². The summed E-state index contributed by atoms with van der Waals surface area (Å²) in [5.74, 6) is 0.510. The van der Waals surface area contributed by atoms with Crippen LogP contribution in [0.2, 0.25) is 0 Å². The Morgan fingerprint density at radius 3 is 2.50 bits per heavy atom. The first-order chi connectivity index (χ1) is 5.59. The van der Waals surface area contributed by atoms with E-state index in [-0.39, 0.29) is 12.6 Å². The number of sulfonamides is 1. The molecule has 2 rings (SSSR count). The minimum atomic E-state index is -3.12. The van der Waals surface area contributed by atoms with E-state index in [1.165, 1.54) is 4.31 Å². The maximum Gasteiger partial charge on any atom is 0.220 e. The number of nitrogens with zero attached hydrogens (tertiary/aromatic N) is 1. The summed E-state index contributed by atoms with van der Waals surface area (Å²) in [5.41, 5.74) is 0. The Morgan fingerprint density at radius 1 is 1.50 bits per heavy atom. The zero-order chi connectivity index (χ0) is 8.93. The Morgan fingerprint density at radius 2 is 2.08 bits per heavy atom. The van der Waals surface area contributed by atoms with Crippen LogP contribution in [0.25, 0.3) is 0 Å². The highest BCUT2D eigenvalue weighted by Gasteiger charge is 2.56. The van der Waals surface area contributed by atoms with Gasteiger partial charge in [-0.3, -0.25) is 0 Å². The van der Waals surface area contributed by atoms with Gasteiger partial charge < -0.3 is 5.11 Å². The van der Waals surface area contributed by atoms with Gasteiger partial charge in [0.05, 0.1) is 6.61 Å². The summed E-state index contributed by atoms with van der Waals surface area (Å²) in [6.45, 7) is -0.228. The summed E-state index contributed by atoms with van der Waals surface area (Å²) in [5, 5.41) is 8.36. The average Bonchev–Trinajstić information content (AvgIpc) is 2.81. The third-order valence-electron chi connectivity index (χ3n) is 2.87. The van der Waals surface area contributed by atoms with Crippen molar-refractivity contribution in [3.63, 3.8) is 0 Å². The van der Waals surface area contributed by atoms with Gasteiger partial charge in [0.2, 0.25) is 10.0 Å². The molecule has 2 aliphatic rings. The first kappa shape index (κ1) is 8.47. The molecular formula is C7H13NO3S. The van der Waals surface area contributed by atoms with Gasteiger partial charge in [0.1, 0.15) is 5.25 Å². The van der Waals surface area contributed by atoms with Gasteiger partial charge in [0.15, 0.2) is 0 Å². The molecule has 0 amide bonds. The van der Waals surface area contributed by atoms with E-state index >= 15 is 0 Å². The Balaban J connectivity index is 2.17. The van der Waals surface area contributed by atoms with E-state index in [0.717, 1.165) is 12.8 Å². The highest BCUT2D eigenvalue weighted by Crippen LogP contribution is 2.44. The number of hydrogen-bond donors (Lipinski definition) is 1. The molecule has 1 N–H and O–H groups in total. The smallest absolute Gasteiger partial charge is 0.220 e. The third kappa shape index (κ3) is 0.932. The van der Waals surface area contributed by atoms with Crippen molar-refractivity contribution in [2.75, 3.05) is 13.7 Å². The van der Waals surface area contributed by atoms with Crippen LogP contribution in [0.5, 0.6) is 0 Å². The number of aliphatic hydroxyl groups excluding tert-OH is 1. The summed E-state index contributed by atoms with van der Waals surface area (Å²) in [6, 6.07) is 0.0833. The average molecular weight is 191 g/mol. The molecule has 0 bridgehead atoms. The molecule has 1 heterocycles. The van der Waals surface area contributed by atoms with Crippen molar-refractivity contribution in [1.29, 1.82) is 0 Å². The Hall–Kier alpha value is -0.130. The molecule has 70 valence electrons.